The normalized spacial score (nSPS) is 14.4. The van der Waals surface area contributed by atoms with Crippen LogP contribution in [0.1, 0.15) is 34.0 Å². The molecule has 0 aliphatic carbocycles. The van der Waals surface area contributed by atoms with Crippen LogP contribution in [0.3, 0.4) is 0 Å². The van der Waals surface area contributed by atoms with Crippen molar-refractivity contribution in [2.75, 3.05) is 5.01 Å². The minimum atomic E-state index is -1.18. The number of carbonyl (C=O) groups is 2. The number of hydrogen-bond donors (Lipinski definition) is 1. The molecule has 0 aromatic heterocycles. The van der Waals surface area contributed by atoms with Crippen LogP contribution >= 0.6 is 43.5 Å². The van der Waals surface area contributed by atoms with E-state index in [0.717, 1.165) is 20.1 Å². The smallest absolute Gasteiger partial charge is 0.337 e. The molecule has 0 fully saturated rings. The number of aryl methyl sites for hydroxylation is 1. The topological polar surface area (TPSA) is 79.2 Å². The molecule has 0 atom stereocenters. The van der Waals surface area contributed by atoms with E-state index in [9.17, 15) is 14.7 Å². The number of benzene rings is 3. The fourth-order valence-electron chi connectivity index (χ4n) is 3.48. The summed E-state index contributed by atoms with van der Waals surface area (Å²) in [5, 5.41) is 14.9. The molecular formula is C26H19Br2ClN2O4. The first-order chi connectivity index (χ1) is 16.6. The molecule has 3 aromatic carbocycles. The van der Waals surface area contributed by atoms with E-state index >= 15 is 0 Å². The van der Waals surface area contributed by atoms with Crippen molar-refractivity contribution < 1.29 is 19.4 Å². The zero-order valence-electron chi connectivity index (χ0n) is 18.7. The van der Waals surface area contributed by atoms with Crippen LogP contribution in [0.4, 0.5) is 5.69 Å². The molecule has 1 aliphatic rings. The molecule has 3 aromatic rings. The highest BCUT2D eigenvalue weighted by molar-refractivity contribution is 9.11. The first kappa shape index (κ1) is 25.2. The van der Waals surface area contributed by atoms with Crippen molar-refractivity contribution in [2.24, 2.45) is 5.10 Å². The Morgan fingerprint density at radius 2 is 1.74 bits per heavy atom. The first-order valence-electron chi connectivity index (χ1n) is 10.5. The predicted octanol–water partition coefficient (Wildman–Crippen LogP) is 7.26. The van der Waals surface area contributed by atoms with Crippen LogP contribution in [0.25, 0.3) is 6.08 Å². The average molecular weight is 619 g/mol. The number of carboxylic acids is 1. The largest absolute Gasteiger partial charge is 0.487 e. The van der Waals surface area contributed by atoms with Gasteiger partial charge in [0.05, 0.1) is 36.5 Å². The van der Waals surface area contributed by atoms with Crippen LogP contribution in [0.15, 0.2) is 74.2 Å². The Labute approximate surface area is 224 Å². The molecule has 9 heteroatoms. The van der Waals surface area contributed by atoms with Gasteiger partial charge in [0.1, 0.15) is 12.4 Å². The Kier molecular flexibility index (Phi) is 7.44. The van der Waals surface area contributed by atoms with E-state index in [1.165, 1.54) is 22.7 Å². The van der Waals surface area contributed by atoms with E-state index < -0.39 is 5.97 Å². The minimum absolute atomic E-state index is 0.0868. The van der Waals surface area contributed by atoms with Crippen molar-refractivity contribution in [3.05, 3.63) is 96.4 Å². The summed E-state index contributed by atoms with van der Waals surface area (Å²) in [6.07, 6.45) is 1.73. The average Bonchev–Trinajstić information content (AvgIpc) is 3.08. The predicted molar refractivity (Wildman–Crippen MR) is 144 cm³/mol. The summed E-state index contributed by atoms with van der Waals surface area (Å²) in [6.45, 7) is 4.17. The summed E-state index contributed by atoms with van der Waals surface area (Å²) in [6, 6.07) is 16.2. The maximum absolute atomic E-state index is 13.1. The second kappa shape index (κ2) is 10.4. The van der Waals surface area contributed by atoms with Crippen LogP contribution in [-0.2, 0) is 11.4 Å². The quantitative estimate of drug-likeness (QED) is 0.295. The second-order valence-electron chi connectivity index (χ2n) is 7.92. The van der Waals surface area contributed by atoms with Crippen LogP contribution < -0.4 is 9.75 Å². The SMILES string of the molecule is CC1=NN(c2ccc(Cl)c(C(=O)O)c2)C(=O)/C1=C\c1cc(Br)c(OCc2ccc(C)cc2)c(Br)c1. The Morgan fingerprint density at radius 1 is 1.09 bits per heavy atom. The highest BCUT2D eigenvalue weighted by Crippen LogP contribution is 2.37. The van der Waals surface area contributed by atoms with Gasteiger partial charge in [0, 0.05) is 0 Å². The molecule has 1 N–H and O–H groups in total. The Hall–Kier alpha value is -2.94. The third kappa shape index (κ3) is 5.50. The highest BCUT2D eigenvalue weighted by atomic mass is 79.9. The standard InChI is InChI=1S/C26H19Br2ClN2O4/c1-14-3-5-16(6-4-14)13-35-24-21(27)10-17(11-22(24)28)9-19-15(2)30-31(25(19)32)18-7-8-23(29)20(12-18)26(33)34/h3-12H,13H2,1-2H3,(H,33,34)/b19-9-. The number of halogens is 3. The highest BCUT2D eigenvalue weighted by Gasteiger charge is 2.29. The molecule has 0 radical (unpaired) electrons. The number of carbonyl (C=O) groups excluding carboxylic acids is 1. The van der Waals surface area contributed by atoms with Gasteiger partial charge in [-0.05, 0) is 93.2 Å². The van der Waals surface area contributed by atoms with E-state index in [-0.39, 0.29) is 16.5 Å². The van der Waals surface area contributed by atoms with Gasteiger partial charge in [0.2, 0.25) is 0 Å². The van der Waals surface area contributed by atoms with Gasteiger partial charge in [-0.3, -0.25) is 4.79 Å². The molecule has 0 saturated carbocycles. The molecule has 35 heavy (non-hydrogen) atoms. The molecule has 1 amide bonds. The number of amides is 1. The zero-order valence-corrected chi connectivity index (χ0v) is 22.6. The fourth-order valence-corrected chi connectivity index (χ4v) is 5.12. The number of nitrogens with zero attached hydrogens (tertiary/aromatic N) is 2. The second-order valence-corrected chi connectivity index (χ2v) is 10.0. The van der Waals surface area contributed by atoms with Crippen molar-refractivity contribution in [3.63, 3.8) is 0 Å². The third-order valence-corrected chi connectivity index (χ3v) is 6.83. The van der Waals surface area contributed by atoms with Gasteiger partial charge in [-0.1, -0.05) is 41.4 Å². The van der Waals surface area contributed by atoms with Crippen molar-refractivity contribution >= 4 is 72.8 Å². The molecule has 0 saturated heterocycles. The number of anilines is 1. The summed E-state index contributed by atoms with van der Waals surface area (Å²) in [4.78, 5) is 24.5. The summed E-state index contributed by atoms with van der Waals surface area (Å²) in [5.74, 6) is -0.896. The maximum Gasteiger partial charge on any atom is 0.337 e. The Bertz CT molecular complexity index is 1380. The fraction of sp³-hybridized carbons (Fsp3) is 0.115. The van der Waals surface area contributed by atoms with Crippen molar-refractivity contribution in [2.45, 2.75) is 20.5 Å². The van der Waals surface area contributed by atoms with Crippen molar-refractivity contribution in [3.8, 4) is 5.75 Å². The molecule has 4 rings (SSSR count). The lowest BCUT2D eigenvalue weighted by Crippen LogP contribution is -2.21. The lowest BCUT2D eigenvalue weighted by atomic mass is 10.1. The van der Waals surface area contributed by atoms with Gasteiger partial charge >= 0.3 is 5.97 Å². The zero-order chi connectivity index (χ0) is 25.3. The number of ether oxygens (including phenoxy) is 1. The summed E-state index contributed by atoms with van der Waals surface area (Å²) in [5.41, 5.74) is 4.12. The minimum Gasteiger partial charge on any atom is -0.487 e. The van der Waals surface area contributed by atoms with Gasteiger partial charge in [-0.2, -0.15) is 10.1 Å². The summed E-state index contributed by atoms with van der Waals surface area (Å²) in [7, 11) is 0. The molecule has 0 spiro atoms. The number of hydrazone groups is 1. The van der Waals surface area contributed by atoms with Crippen LogP contribution in [0.5, 0.6) is 5.75 Å². The monoisotopic (exact) mass is 616 g/mol. The molecule has 1 aliphatic heterocycles. The van der Waals surface area contributed by atoms with E-state index in [4.69, 9.17) is 16.3 Å². The van der Waals surface area contributed by atoms with Crippen LogP contribution in [0, 0.1) is 6.92 Å². The van der Waals surface area contributed by atoms with Gasteiger partial charge in [0.25, 0.3) is 5.91 Å². The molecular weight excluding hydrogens is 600 g/mol. The van der Waals surface area contributed by atoms with Crippen molar-refractivity contribution in [1.82, 2.24) is 0 Å². The molecule has 0 unspecified atom stereocenters. The Morgan fingerprint density at radius 3 is 2.37 bits per heavy atom. The number of hydrogen-bond acceptors (Lipinski definition) is 4. The van der Waals surface area contributed by atoms with E-state index in [1.54, 1.807) is 19.1 Å². The van der Waals surface area contributed by atoms with E-state index in [2.05, 4.69) is 37.0 Å². The van der Waals surface area contributed by atoms with Gasteiger partial charge in [-0.25, -0.2) is 4.79 Å². The number of carboxylic acid groups (broad SMARTS) is 1. The summed E-state index contributed by atoms with van der Waals surface area (Å²) < 4.78 is 7.46. The number of rotatable bonds is 6. The maximum atomic E-state index is 13.1. The van der Waals surface area contributed by atoms with Crippen molar-refractivity contribution in [1.29, 1.82) is 0 Å². The van der Waals surface area contributed by atoms with E-state index in [0.29, 0.717) is 29.3 Å². The Balaban J connectivity index is 1.57. The lowest BCUT2D eigenvalue weighted by Gasteiger charge is -2.13. The molecule has 178 valence electrons. The molecule has 0 bridgehead atoms. The van der Waals surface area contributed by atoms with E-state index in [1.807, 2.05) is 43.3 Å². The number of aromatic carboxylic acids is 1. The van der Waals surface area contributed by atoms with Gasteiger partial charge < -0.3 is 9.84 Å². The summed E-state index contributed by atoms with van der Waals surface area (Å²) >= 11 is 13.1. The first-order valence-corrected chi connectivity index (χ1v) is 12.4. The molecule has 1 heterocycles. The van der Waals surface area contributed by atoms with Crippen LogP contribution in [-0.4, -0.2) is 22.7 Å². The third-order valence-electron chi connectivity index (χ3n) is 5.32. The van der Waals surface area contributed by atoms with Gasteiger partial charge in [-0.15, -0.1) is 0 Å². The van der Waals surface area contributed by atoms with Gasteiger partial charge in [0.15, 0.2) is 0 Å². The van der Waals surface area contributed by atoms with Crippen LogP contribution in [0.2, 0.25) is 5.02 Å². The lowest BCUT2D eigenvalue weighted by molar-refractivity contribution is -0.114. The molecule has 6 nitrogen and oxygen atoms in total.